The summed E-state index contributed by atoms with van der Waals surface area (Å²) < 4.78 is 20.9. The predicted octanol–water partition coefficient (Wildman–Crippen LogP) is 3.89. The first kappa shape index (κ1) is 20.9. The zero-order valence-corrected chi connectivity index (χ0v) is 16.2. The van der Waals surface area contributed by atoms with Crippen molar-refractivity contribution in [1.29, 1.82) is 5.26 Å². The minimum atomic E-state index is -1.14. The molecular weight excluding hydrogens is 386 g/mol. The summed E-state index contributed by atoms with van der Waals surface area (Å²) in [6.07, 6.45) is 1.62. The van der Waals surface area contributed by atoms with E-state index in [9.17, 15) is 10.1 Å². The number of carboxylic acid groups (broad SMARTS) is 1. The Balaban J connectivity index is 2.46. The molecule has 0 aliphatic carbocycles. The SMILES string of the molecule is COc1ccc(/C(C#N)=C/c2cc(Cl)c(OCC(=O)O)c(OC)c2)cc1OC. The minimum Gasteiger partial charge on any atom is -0.493 e. The largest absolute Gasteiger partial charge is 0.493 e. The Bertz CT molecular complexity index is 948. The maximum Gasteiger partial charge on any atom is 0.341 e. The highest BCUT2D eigenvalue weighted by atomic mass is 35.5. The Kier molecular flexibility index (Phi) is 7.13. The van der Waals surface area contributed by atoms with Gasteiger partial charge >= 0.3 is 5.97 Å². The number of nitriles is 1. The van der Waals surface area contributed by atoms with Crippen LogP contribution in [0, 0.1) is 11.3 Å². The Morgan fingerprint density at radius 1 is 1.11 bits per heavy atom. The molecule has 8 heteroatoms. The van der Waals surface area contributed by atoms with Crippen LogP contribution >= 0.6 is 11.6 Å². The molecule has 2 aromatic carbocycles. The molecule has 0 amide bonds. The lowest BCUT2D eigenvalue weighted by Gasteiger charge is -2.12. The average molecular weight is 404 g/mol. The fraction of sp³-hybridized carbons (Fsp3) is 0.200. The van der Waals surface area contributed by atoms with E-state index in [0.717, 1.165) is 0 Å². The molecule has 0 bridgehead atoms. The number of ether oxygens (including phenoxy) is 4. The van der Waals surface area contributed by atoms with Gasteiger partial charge in [-0.2, -0.15) is 5.26 Å². The highest BCUT2D eigenvalue weighted by Crippen LogP contribution is 2.38. The predicted molar refractivity (Wildman–Crippen MR) is 104 cm³/mol. The van der Waals surface area contributed by atoms with Gasteiger partial charge in [0.25, 0.3) is 0 Å². The number of allylic oxidation sites excluding steroid dienone is 1. The number of aliphatic carboxylic acids is 1. The molecule has 0 unspecified atom stereocenters. The van der Waals surface area contributed by atoms with Crippen molar-refractivity contribution >= 4 is 29.2 Å². The third-order valence-electron chi connectivity index (χ3n) is 3.72. The molecule has 0 radical (unpaired) electrons. The Labute approximate surface area is 167 Å². The highest BCUT2D eigenvalue weighted by Gasteiger charge is 2.14. The van der Waals surface area contributed by atoms with Gasteiger partial charge in [0.1, 0.15) is 0 Å². The lowest BCUT2D eigenvalue weighted by molar-refractivity contribution is -0.139. The van der Waals surface area contributed by atoms with Gasteiger partial charge in [-0.1, -0.05) is 11.6 Å². The first-order valence-electron chi connectivity index (χ1n) is 7.99. The molecule has 0 fully saturated rings. The fourth-order valence-electron chi connectivity index (χ4n) is 2.45. The number of benzene rings is 2. The summed E-state index contributed by atoms with van der Waals surface area (Å²) in [5, 5.41) is 18.5. The topological polar surface area (TPSA) is 98.0 Å². The molecule has 28 heavy (non-hydrogen) atoms. The highest BCUT2D eigenvalue weighted by molar-refractivity contribution is 6.32. The van der Waals surface area contributed by atoms with Gasteiger partial charge in [0.2, 0.25) is 0 Å². The summed E-state index contributed by atoms with van der Waals surface area (Å²) in [6.45, 7) is -0.555. The van der Waals surface area contributed by atoms with Gasteiger partial charge in [-0.15, -0.1) is 0 Å². The lowest BCUT2D eigenvalue weighted by Crippen LogP contribution is -2.10. The van der Waals surface area contributed by atoms with E-state index in [2.05, 4.69) is 6.07 Å². The summed E-state index contributed by atoms with van der Waals surface area (Å²) in [5.41, 5.74) is 1.57. The van der Waals surface area contributed by atoms with Gasteiger partial charge in [-0.3, -0.25) is 0 Å². The van der Waals surface area contributed by atoms with Crippen LogP contribution in [0.3, 0.4) is 0 Å². The van der Waals surface area contributed by atoms with Crippen molar-refractivity contribution in [3.05, 3.63) is 46.5 Å². The standard InChI is InChI=1S/C20H18ClNO6/c1-25-16-5-4-13(9-17(16)26-2)14(10-22)6-12-7-15(21)20(18(8-12)27-3)28-11-19(23)24/h4-9H,11H2,1-3H3,(H,23,24)/b14-6+. The zero-order chi connectivity index (χ0) is 20.7. The third-order valence-corrected chi connectivity index (χ3v) is 4.00. The van der Waals surface area contributed by atoms with E-state index < -0.39 is 12.6 Å². The van der Waals surface area contributed by atoms with E-state index in [0.29, 0.717) is 28.2 Å². The molecule has 0 saturated heterocycles. The van der Waals surface area contributed by atoms with Gasteiger partial charge in [0.15, 0.2) is 29.6 Å². The first-order chi connectivity index (χ1) is 13.4. The Morgan fingerprint density at radius 3 is 2.36 bits per heavy atom. The van der Waals surface area contributed by atoms with Crippen molar-refractivity contribution in [1.82, 2.24) is 0 Å². The number of hydrogen-bond donors (Lipinski definition) is 1. The van der Waals surface area contributed by atoms with Crippen LogP contribution in [-0.4, -0.2) is 39.0 Å². The van der Waals surface area contributed by atoms with Crippen LogP contribution in [0.1, 0.15) is 11.1 Å². The van der Waals surface area contributed by atoms with Crippen molar-refractivity contribution in [2.24, 2.45) is 0 Å². The summed E-state index contributed by atoms with van der Waals surface area (Å²) in [5.74, 6) is 0.280. The molecule has 0 spiro atoms. The van der Waals surface area contributed by atoms with Crippen LogP contribution in [0.25, 0.3) is 11.6 Å². The number of methoxy groups -OCH3 is 3. The number of halogens is 1. The molecule has 0 saturated carbocycles. The molecule has 0 aromatic heterocycles. The van der Waals surface area contributed by atoms with Crippen molar-refractivity contribution in [2.75, 3.05) is 27.9 Å². The maximum absolute atomic E-state index is 10.7. The monoisotopic (exact) mass is 403 g/mol. The van der Waals surface area contributed by atoms with Crippen LogP contribution in [-0.2, 0) is 4.79 Å². The Hall–Kier alpha value is -3.37. The van der Waals surface area contributed by atoms with E-state index in [1.165, 1.54) is 21.3 Å². The summed E-state index contributed by atoms with van der Waals surface area (Å²) >= 11 is 6.21. The second-order valence-electron chi connectivity index (χ2n) is 5.46. The third kappa shape index (κ3) is 4.87. The second kappa shape index (κ2) is 9.53. The smallest absolute Gasteiger partial charge is 0.341 e. The fourth-order valence-corrected chi connectivity index (χ4v) is 2.72. The van der Waals surface area contributed by atoms with E-state index in [1.807, 2.05) is 0 Å². The number of hydrogen-bond acceptors (Lipinski definition) is 6. The number of rotatable bonds is 8. The molecule has 1 N–H and O–H groups in total. The van der Waals surface area contributed by atoms with Gasteiger partial charge < -0.3 is 24.1 Å². The molecule has 0 heterocycles. The van der Waals surface area contributed by atoms with Crippen molar-refractivity contribution in [3.8, 4) is 29.1 Å². The van der Waals surface area contributed by atoms with Crippen molar-refractivity contribution in [3.63, 3.8) is 0 Å². The van der Waals surface area contributed by atoms with Crippen molar-refractivity contribution < 1.29 is 28.8 Å². The number of carbonyl (C=O) groups is 1. The minimum absolute atomic E-state index is 0.119. The van der Waals surface area contributed by atoms with Gasteiger partial charge in [0, 0.05) is 0 Å². The van der Waals surface area contributed by atoms with Crippen molar-refractivity contribution in [2.45, 2.75) is 0 Å². The molecule has 2 aromatic rings. The summed E-state index contributed by atoms with van der Waals surface area (Å²) in [4.78, 5) is 10.7. The van der Waals surface area contributed by atoms with Crippen LogP contribution in [0.4, 0.5) is 0 Å². The molecule has 0 aliphatic heterocycles. The average Bonchev–Trinajstić information content (AvgIpc) is 2.69. The zero-order valence-electron chi connectivity index (χ0n) is 15.5. The lowest BCUT2D eigenvalue weighted by atomic mass is 10.0. The Morgan fingerprint density at radius 2 is 1.79 bits per heavy atom. The van der Waals surface area contributed by atoms with Crippen LogP contribution in [0.15, 0.2) is 30.3 Å². The van der Waals surface area contributed by atoms with E-state index >= 15 is 0 Å². The van der Waals surface area contributed by atoms with E-state index in [1.54, 1.807) is 36.4 Å². The molecule has 0 aliphatic rings. The molecule has 2 rings (SSSR count). The number of carboxylic acids is 1. The molecule has 146 valence electrons. The maximum atomic E-state index is 10.7. The second-order valence-corrected chi connectivity index (χ2v) is 5.86. The van der Waals surface area contributed by atoms with Gasteiger partial charge in [-0.25, -0.2) is 4.79 Å². The quantitative estimate of drug-likeness (QED) is 0.527. The van der Waals surface area contributed by atoms with Gasteiger partial charge in [0.05, 0.1) is 38.0 Å². The number of nitrogens with zero attached hydrogens (tertiary/aromatic N) is 1. The van der Waals surface area contributed by atoms with Crippen LogP contribution in [0.2, 0.25) is 5.02 Å². The van der Waals surface area contributed by atoms with Gasteiger partial charge in [-0.05, 0) is 47.5 Å². The molecular formula is C20H18ClNO6. The molecule has 7 nitrogen and oxygen atoms in total. The normalized spacial score (nSPS) is 10.8. The summed E-state index contributed by atoms with van der Waals surface area (Å²) in [7, 11) is 4.45. The van der Waals surface area contributed by atoms with E-state index in [-0.39, 0.29) is 16.5 Å². The van der Waals surface area contributed by atoms with Crippen LogP contribution in [0.5, 0.6) is 23.0 Å². The van der Waals surface area contributed by atoms with E-state index in [4.69, 9.17) is 35.7 Å². The molecule has 0 atom stereocenters. The summed E-state index contributed by atoms with van der Waals surface area (Å²) in [6, 6.07) is 10.4. The first-order valence-corrected chi connectivity index (χ1v) is 8.37. The van der Waals surface area contributed by atoms with Crippen LogP contribution < -0.4 is 18.9 Å².